The zero-order chi connectivity index (χ0) is 18.7. The predicted molar refractivity (Wildman–Crippen MR) is 96.7 cm³/mol. The fourth-order valence-corrected chi connectivity index (χ4v) is 2.57. The summed E-state index contributed by atoms with van der Waals surface area (Å²) in [6.07, 6.45) is 0. The maximum absolute atomic E-state index is 13.3. The molecule has 0 radical (unpaired) electrons. The highest BCUT2D eigenvalue weighted by Gasteiger charge is 2.18. The third-order valence-corrected chi connectivity index (χ3v) is 3.78. The van der Waals surface area contributed by atoms with Crippen LogP contribution in [0.3, 0.4) is 0 Å². The molecule has 0 spiro atoms. The first-order chi connectivity index (χ1) is 12.5. The fourth-order valence-electron chi connectivity index (χ4n) is 2.40. The molecule has 130 valence electrons. The molecule has 1 heterocycles. The summed E-state index contributed by atoms with van der Waals surface area (Å²) in [5, 5.41) is 9.80. The molecule has 26 heavy (non-hydrogen) atoms. The van der Waals surface area contributed by atoms with Gasteiger partial charge in [0, 0.05) is 10.6 Å². The van der Waals surface area contributed by atoms with Gasteiger partial charge in [-0.05, 0) is 35.9 Å². The quantitative estimate of drug-likeness (QED) is 0.727. The van der Waals surface area contributed by atoms with E-state index in [1.807, 2.05) is 6.07 Å². The number of benzene rings is 2. The van der Waals surface area contributed by atoms with Crippen LogP contribution in [-0.4, -0.2) is 9.97 Å². The summed E-state index contributed by atoms with van der Waals surface area (Å²) in [7, 11) is 0. The number of hydrogen-bond donors (Lipinski definition) is 2. The van der Waals surface area contributed by atoms with Gasteiger partial charge < -0.3 is 16.2 Å². The lowest BCUT2D eigenvalue weighted by atomic mass is 10.1. The van der Waals surface area contributed by atoms with E-state index >= 15 is 0 Å². The van der Waals surface area contributed by atoms with Crippen molar-refractivity contribution in [1.82, 2.24) is 9.97 Å². The summed E-state index contributed by atoms with van der Waals surface area (Å²) in [5.74, 6) is -0.0724. The predicted octanol–water partition coefficient (Wildman–Crippen LogP) is 3.55. The number of nitrogen functional groups attached to an aromatic ring is 2. The topological polar surface area (TPSA) is 111 Å². The molecule has 0 bridgehead atoms. The van der Waals surface area contributed by atoms with Crippen LogP contribution >= 0.6 is 11.6 Å². The van der Waals surface area contributed by atoms with Crippen LogP contribution in [0.25, 0.3) is 11.3 Å². The molecule has 0 amide bonds. The zero-order valence-electron chi connectivity index (χ0n) is 13.4. The van der Waals surface area contributed by atoms with Gasteiger partial charge in [0.1, 0.15) is 35.6 Å². The molecule has 0 fully saturated rings. The van der Waals surface area contributed by atoms with Gasteiger partial charge in [-0.1, -0.05) is 23.7 Å². The average molecular weight is 370 g/mol. The Morgan fingerprint density at radius 1 is 1.15 bits per heavy atom. The number of nitrogens with zero attached hydrogens (tertiary/aromatic N) is 3. The molecule has 1 aromatic heterocycles. The summed E-state index contributed by atoms with van der Waals surface area (Å²) in [4.78, 5) is 7.90. The molecule has 4 N–H and O–H groups in total. The van der Waals surface area contributed by atoms with E-state index in [2.05, 4.69) is 9.97 Å². The molecule has 0 saturated carbocycles. The minimum absolute atomic E-state index is 0.0361. The molecular weight excluding hydrogens is 357 g/mol. The van der Waals surface area contributed by atoms with Gasteiger partial charge in [-0.15, -0.1) is 0 Å². The first-order valence-corrected chi connectivity index (χ1v) is 7.86. The second-order valence-electron chi connectivity index (χ2n) is 5.36. The maximum Gasteiger partial charge on any atom is 0.222 e. The summed E-state index contributed by atoms with van der Waals surface area (Å²) in [5.41, 5.74) is 12.8. The number of nitriles is 1. The molecule has 8 heteroatoms. The van der Waals surface area contributed by atoms with Crippen LogP contribution in [0.2, 0.25) is 5.02 Å². The average Bonchev–Trinajstić information content (AvgIpc) is 2.60. The van der Waals surface area contributed by atoms with Gasteiger partial charge in [0.15, 0.2) is 0 Å². The minimum Gasteiger partial charge on any atom is -0.488 e. The Morgan fingerprint density at radius 3 is 2.69 bits per heavy atom. The maximum atomic E-state index is 13.3. The van der Waals surface area contributed by atoms with E-state index < -0.39 is 0 Å². The van der Waals surface area contributed by atoms with Crippen LogP contribution in [0.15, 0.2) is 42.5 Å². The third kappa shape index (κ3) is 3.66. The SMILES string of the molecule is N#Cc1c(N)nc(N)nc1-c1cc(Cl)ccc1OCc1cccc(F)c1. The highest BCUT2D eigenvalue weighted by atomic mass is 35.5. The molecule has 0 aliphatic carbocycles. The second kappa shape index (κ2) is 7.25. The van der Waals surface area contributed by atoms with Gasteiger partial charge in [0.25, 0.3) is 0 Å². The van der Waals surface area contributed by atoms with Crippen LogP contribution < -0.4 is 16.2 Å². The standard InChI is InChI=1S/C18H13ClFN5O/c19-11-4-5-15(26-9-10-2-1-3-12(20)6-10)13(7-11)16-14(8-21)17(22)25-18(23)24-16/h1-7H,9H2,(H4,22,23,24,25). The van der Waals surface area contributed by atoms with E-state index in [9.17, 15) is 9.65 Å². The third-order valence-electron chi connectivity index (χ3n) is 3.55. The number of ether oxygens (including phenoxy) is 1. The summed E-state index contributed by atoms with van der Waals surface area (Å²) in [6, 6.07) is 12.9. The number of nitrogens with two attached hydrogens (primary N) is 2. The number of halogens is 2. The highest BCUT2D eigenvalue weighted by molar-refractivity contribution is 6.31. The van der Waals surface area contributed by atoms with Gasteiger partial charge in [0.2, 0.25) is 5.95 Å². The van der Waals surface area contributed by atoms with Gasteiger partial charge >= 0.3 is 0 Å². The number of aromatic nitrogens is 2. The largest absolute Gasteiger partial charge is 0.488 e. The van der Waals surface area contributed by atoms with Gasteiger partial charge in [-0.2, -0.15) is 10.2 Å². The van der Waals surface area contributed by atoms with E-state index in [1.165, 1.54) is 12.1 Å². The Hall–Kier alpha value is -3.37. The Labute approximate surface area is 153 Å². The first-order valence-electron chi connectivity index (χ1n) is 7.48. The van der Waals surface area contributed by atoms with E-state index in [4.69, 9.17) is 27.8 Å². The normalized spacial score (nSPS) is 10.3. The molecule has 0 aliphatic heterocycles. The van der Waals surface area contributed by atoms with Crippen LogP contribution in [-0.2, 0) is 6.61 Å². The van der Waals surface area contributed by atoms with E-state index in [-0.39, 0.29) is 35.4 Å². The van der Waals surface area contributed by atoms with Crippen molar-refractivity contribution < 1.29 is 9.13 Å². The Bertz CT molecular complexity index is 1020. The zero-order valence-corrected chi connectivity index (χ0v) is 14.2. The van der Waals surface area contributed by atoms with Crippen LogP contribution in [0, 0.1) is 17.1 Å². The fraction of sp³-hybridized carbons (Fsp3) is 0.0556. The lowest BCUT2D eigenvalue weighted by Gasteiger charge is -2.13. The van der Waals surface area contributed by atoms with Crippen LogP contribution in [0.5, 0.6) is 5.75 Å². The smallest absolute Gasteiger partial charge is 0.222 e. The lowest BCUT2D eigenvalue weighted by Crippen LogP contribution is -2.06. The highest BCUT2D eigenvalue weighted by Crippen LogP contribution is 2.35. The van der Waals surface area contributed by atoms with E-state index in [1.54, 1.807) is 30.3 Å². The second-order valence-corrected chi connectivity index (χ2v) is 5.80. The van der Waals surface area contributed by atoms with Crippen LogP contribution in [0.1, 0.15) is 11.1 Å². The van der Waals surface area contributed by atoms with Crippen molar-refractivity contribution in [2.45, 2.75) is 6.61 Å². The van der Waals surface area contributed by atoms with E-state index in [0.29, 0.717) is 21.9 Å². The van der Waals surface area contributed by atoms with Gasteiger partial charge in [-0.3, -0.25) is 0 Å². The molecule has 0 unspecified atom stereocenters. The lowest BCUT2D eigenvalue weighted by molar-refractivity contribution is 0.307. The van der Waals surface area contributed by atoms with E-state index in [0.717, 1.165) is 0 Å². The number of anilines is 2. The molecule has 0 saturated heterocycles. The molecule has 6 nitrogen and oxygen atoms in total. The summed E-state index contributed by atoms with van der Waals surface area (Å²) in [6.45, 7) is 0.115. The Balaban J connectivity index is 2.04. The minimum atomic E-state index is -0.356. The Morgan fingerprint density at radius 2 is 1.96 bits per heavy atom. The van der Waals surface area contributed by atoms with Crippen molar-refractivity contribution in [1.29, 1.82) is 5.26 Å². The molecule has 0 aliphatic rings. The molecule has 3 aromatic rings. The first kappa shape index (κ1) is 17.5. The molecule has 2 aromatic carbocycles. The number of rotatable bonds is 4. The van der Waals surface area contributed by atoms with Gasteiger partial charge in [-0.25, -0.2) is 9.37 Å². The van der Waals surface area contributed by atoms with Gasteiger partial charge in [0.05, 0.1) is 5.69 Å². The monoisotopic (exact) mass is 369 g/mol. The molecule has 3 rings (SSSR count). The Kier molecular flexibility index (Phi) is 4.87. The van der Waals surface area contributed by atoms with Crippen molar-refractivity contribution in [3.8, 4) is 23.1 Å². The van der Waals surface area contributed by atoms with Crippen molar-refractivity contribution in [3.05, 3.63) is 64.4 Å². The molecular formula is C18H13ClFN5O. The van der Waals surface area contributed by atoms with Crippen molar-refractivity contribution in [2.24, 2.45) is 0 Å². The molecule has 0 atom stereocenters. The summed E-state index contributed by atoms with van der Waals surface area (Å²) >= 11 is 6.09. The summed E-state index contributed by atoms with van der Waals surface area (Å²) < 4.78 is 19.1. The van der Waals surface area contributed by atoms with Crippen LogP contribution in [0.4, 0.5) is 16.2 Å². The van der Waals surface area contributed by atoms with Crippen molar-refractivity contribution in [3.63, 3.8) is 0 Å². The van der Waals surface area contributed by atoms with Crippen molar-refractivity contribution in [2.75, 3.05) is 11.5 Å². The van der Waals surface area contributed by atoms with Crippen molar-refractivity contribution >= 4 is 23.4 Å². The number of hydrogen-bond acceptors (Lipinski definition) is 6.